The zero-order chi connectivity index (χ0) is 20.4. The molecule has 0 saturated carbocycles. The van der Waals surface area contributed by atoms with E-state index in [0.717, 1.165) is 16.8 Å². The molecular formula is C20H22N8O. The van der Waals surface area contributed by atoms with E-state index in [9.17, 15) is 4.79 Å². The average molecular weight is 390 g/mol. The van der Waals surface area contributed by atoms with Gasteiger partial charge in [-0.3, -0.25) is 4.79 Å². The normalized spacial score (nSPS) is 11.0. The Bertz CT molecular complexity index is 1160. The molecule has 0 aliphatic rings. The molecular weight excluding hydrogens is 368 g/mol. The molecule has 0 bridgehead atoms. The lowest BCUT2D eigenvalue weighted by molar-refractivity contribution is -0.116. The van der Waals surface area contributed by atoms with Crippen LogP contribution < -0.4 is 16.4 Å². The van der Waals surface area contributed by atoms with Gasteiger partial charge in [-0.1, -0.05) is 0 Å². The summed E-state index contributed by atoms with van der Waals surface area (Å²) >= 11 is 0. The van der Waals surface area contributed by atoms with Crippen molar-refractivity contribution >= 4 is 40.0 Å². The highest BCUT2D eigenvalue weighted by Gasteiger charge is 2.13. The number of fused-ring (bicyclic) bond motifs is 1. The molecule has 29 heavy (non-hydrogen) atoms. The SMILES string of the molecule is CCn1nc(C)cc1NC(=O)Cn1ccc2c(Nc3ccc(N)cc3)ncnc21. The van der Waals surface area contributed by atoms with Crippen LogP contribution in [0.15, 0.2) is 48.9 Å². The molecule has 0 aliphatic heterocycles. The largest absolute Gasteiger partial charge is 0.399 e. The summed E-state index contributed by atoms with van der Waals surface area (Å²) in [4.78, 5) is 21.2. The van der Waals surface area contributed by atoms with Crippen molar-refractivity contribution in [3.63, 3.8) is 0 Å². The maximum absolute atomic E-state index is 12.6. The monoisotopic (exact) mass is 390 g/mol. The van der Waals surface area contributed by atoms with Crippen molar-refractivity contribution in [3.05, 3.63) is 54.6 Å². The van der Waals surface area contributed by atoms with Crippen molar-refractivity contribution in [1.82, 2.24) is 24.3 Å². The van der Waals surface area contributed by atoms with E-state index >= 15 is 0 Å². The standard InChI is InChI=1S/C20H22N8O/c1-3-28-17(10-13(2)26-28)25-18(29)11-27-9-8-16-19(22-12-23-20(16)27)24-15-6-4-14(21)5-7-15/h4-10,12H,3,11,21H2,1-2H3,(H,25,29)(H,22,23,24). The Balaban J connectivity index is 1.54. The number of hydrogen-bond donors (Lipinski definition) is 3. The highest BCUT2D eigenvalue weighted by Crippen LogP contribution is 2.24. The Labute approximate surface area is 167 Å². The van der Waals surface area contributed by atoms with E-state index in [2.05, 4.69) is 25.7 Å². The molecule has 9 nitrogen and oxygen atoms in total. The summed E-state index contributed by atoms with van der Waals surface area (Å²) in [7, 11) is 0. The second kappa shape index (κ2) is 7.63. The van der Waals surface area contributed by atoms with Crippen LogP contribution in [0.2, 0.25) is 0 Å². The maximum atomic E-state index is 12.6. The number of nitrogens with zero attached hydrogens (tertiary/aromatic N) is 5. The van der Waals surface area contributed by atoms with Gasteiger partial charge in [0.2, 0.25) is 5.91 Å². The smallest absolute Gasteiger partial charge is 0.245 e. The Hall–Kier alpha value is -3.88. The molecule has 9 heteroatoms. The number of benzene rings is 1. The van der Waals surface area contributed by atoms with Gasteiger partial charge in [-0.25, -0.2) is 14.6 Å². The summed E-state index contributed by atoms with van der Waals surface area (Å²) in [6.07, 6.45) is 3.31. The Morgan fingerprint density at radius 3 is 2.72 bits per heavy atom. The summed E-state index contributed by atoms with van der Waals surface area (Å²) in [5, 5.41) is 11.4. The Morgan fingerprint density at radius 1 is 1.17 bits per heavy atom. The number of carbonyl (C=O) groups is 1. The van der Waals surface area contributed by atoms with Gasteiger partial charge in [0, 0.05) is 30.2 Å². The molecule has 4 N–H and O–H groups in total. The predicted molar refractivity (Wildman–Crippen MR) is 113 cm³/mol. The third-order valence-electron chi connectivity index (χ3n) is 4.51. The van der Waals surface area contributed by atoms with Crippen LogP contribution in [0.3, 0.4) is 0 Å². The third kappa shape index (κ3) is 3.88. The maximum Gasteiger partial charge on any atom is 0.245 e. The fraction of sp³-hybridized carbons (Fsp3) is 0.200. The average Bonchev–Trinajstić information content (AvgIpc) is 3.27. The van der Waals surface area contributed by atoms with Crippen molar-refractivity contribution in [2.24, 2.45) is 0 Å². The molecule has 3 aromatic heterocycles. The molecule has 0 aliphatic carbocycles. The second-order valence-corrected chi connectivity index (χ2v) is 6.69. The number of aryl methyl sites for hydroxylation is 2. The minimum atomic E-state index is -0.149. The van der Waals surface area contributed by atoms with E-state index in [4.69, 9.17) is 5.73 Å². The van der Waals surface area contributed by atoms with Crippen LogP contribution in [0.5, 0.6) is 0 Å². The Morgan fingerprint density at radius 2 is 1.97 bits per heavy atom. The van der Waals surface area contributed by atoms with Crippen LogP contribution in [0.25, 0.3) is 11.0 Å². The van der Waals surface area contributed by atoms with E-state index < -0.39 is 0 Å². The lowest BCUT2D eigenvalue weighted by Gasteiger charge is -2.09. The van der Waals surface area contributed by atoms with E-state index in [1.54, 1.807) is 9.25 Å². The van der Waals surface area contributed by atoms with Crippen molar-refractivity contribution in [1.29, 1.82) is 0 Å². The summed E-state index contributed by atoms with van der Waals surface area (Å²) in [6, 6.07) is 11.1. The van der Waals surface area contributed by atoms with E-state index in [0.29, 0.717) is 29.5 Å². The first-order valence-electron chi connectivity index (χ1n) is 9.30. The first-order valence-corrected chi connectivity index (χ1v) is 9.30. The fourth-order valence-electron chi connectivity index (χ4n) is 3.16. The molecule has 0 saturated heterocycles. The van der Waals surface area contributed by atoms with Gasteiger partial charge >= 0.3 is 0 Å². The van der Waals surface area contributed by atoms with Crippen LogP contribution in [-0.2, 0) is 17.9 Å². The summed E-state index contributed by atoms with van der Waals surface area (Å²) < 4.78 is 3.55. The number of aromatic nitrogens is 5. The summed E-state index contributed by atoms with van der Waals surface area (Å²) in [6.45, 7) is 4.70. The van der Waals surface area contributed by atoms with Gasteiger partial charge in [0.1, 0.15) is 30.2 Å². The van der Waals surface area contributed by atoms with Gasteiger partial charge in [-0.05, 0) is 44.2 Å². The number of anilines is 4. The number of nitrogen functional groups attached to an aromatic ring is 1. The van der Waals surface area contributed by atoms with Crippen molar-refractivity contribution < 1.29 is 4.79 Å². The number of carbonyl (C=O) groups excluding carboxylic acids is 1. The topological polar surface area (TPSA) is 116 Å². The molecule has 0 unspecified atom stereocenters. The summed E-state index contributed by atoms with van der Waals surface area (Å²) in [5.74, 6) is 1.20. The summed E-state index contributed by atoms with van der Waals surface area (Å²) in [5.41, 5.74) is 8.83. The van der Waals surface area contributed by atoms with Crippen LogP contribution in [-0.4, -0.2) is 30.2 Å². The molecule has 1 amide bonds. The van der Waals surface area contributed by atoms with E-state index in [1.807, 2.05) is 56.4 Å². The minimum Gasteiger partial charge on any atom is -0.399 e. The number of nitrogens with one attached hydrogen (secondary N) is 2. The van der Waals surface area contributed by atoms with E-state index in [-0.39, 0.29) is 12.5 Å². The first kappa shape index (κ1) is 18.5. The second-order valence-electron chi connectivity index (χ2n) is 6.69. The van der Waals surface area contributed by atoms with Crippen LogP contribution >= 0.6 is 0 Å². The van der Waals surface area contributed by atoms with Gasteiger partial charge in [0.25, 0.3) is 0 Å². The highest BCUT2D eigenvalue weighted by atomic mass is 16.2. The Kier molecular flexibility index (Phi) is 4.86. The molecule has 0 radical (unpaired) electrons. The zero-order valence-corrected chi connectivity index (χ0v) is 16.3. The molecule has 0 atom stereocenters. The van der Waals surface area contributed by atoms with Gasteiger partial charge in [-0.15, -0.1) is 0 Å². The fourth-order valence-corrected chi connectivity index (χ4v) is 3.16. The van der Waals surface area contributed by atoms with Gasteiger partial charge in [0.15, 0.2) is 0 Å². The van der Waals surface area contributed by atoms with Crippen molar-refractivity contribution in [3.8, 4) is 0 Å². The molecule has 4 rings (SSSR count). The van der Waals surface area contributed by atoms with Gasteiger partial charge in [0.05, 0.1) is 11.1 Å². The van der Waals surface area contributed by atoms with Gasteiger partial charge in [-0.2, -0.15) is 5.10 Å². The molecule has 4 aromatic rings. The predicted octanol–water partition coefficient (Wildman–Crippen LogP) is 2.92. The highest BCUT2D eigenvalue weighted by molar-refractivity contribution is 5.93. The lowest BCUT2D eigenvalue weighted by Crippen LogP contribution is -2.20. The number of hydrogen-bond acceptors (Lipinski definition) is 6. The third-order valence-corrected chi connectivity index (χ3v) is 4.51. The molecule has 0 spiro atoms. The zero-order valence-electron chi connectivity index (χ0n) is 16.3. The van der Waals surface area contributed by atoms with Crippen LogP contribution in [0, 0.1) is 6.92 Å². The lowest BCUT2D eigenvalue weighted by atomic mass is 10.3. The number of nitrogens with two attached hydrogens (primary N) is 1. The number of rotatable bonds is 6. The van der Waals surface area contributed by atoms with Crippen LogP contribution in [0.1, 0.15) is 12.6 Å². The molecule has 3 heterocycles. The van der Waals surface area contributed by atoms with Crippen molar-refractivity contribution in [2.45, 2.75) is 26.9 Å². The van der Waals surface area contributed by atoms with Crippen molar-refractivity contribution in [2.75, 3.05) is 16.4 Å². The molecule has 148 valence electrons. The first-order chi connectivity index (χ1) is 14.0. The quantitative estimate of drug-likeness (QED) is 0.436. The van der Waals surface area contributed by atoms with Gasteiger partial charge < -0.3 is 20.9 Å². The molecule has 0 fully saturated rings. The minimum absolute atomic E-state index is 0.135. The van der Waals surface area contributed by atoms with Crippen LogP contribution in [0.4, 0.5) is 23.0 Å². The number of amides is 1. The molecule has 1 aromatic carbocycles. The van der Waals surface area contributed by atoms with E-state index in [1.165, 1.54) is 6.33 Å².